The first kappa shape index (κ1) is 13.9. The van der Waals surface area contributed by atoms with Gasteiger partial charge in [-0.3, -0.25) is 4.79 Å². The zero-order chi connectivity index (χ0) is 14.8. The van der Waals surface area contributed by atoms with E-state index in [4.69, 9.17) is 15.0 Å². The van der Waals surface area contributed by atoms with Gasteiger partial charge in [-0.05, 0) is 40.5 Å². The fraction of sp³-hybridized carbons (Fsp3) is 0.643. The second-order valence-electron chi connectivity index (χ2n) is 6.90. The number of nitrogens with one attached hydrogen (secondary N) is 1. The van der Waals surface area contributed by atoms with Gasteiger partial charge in [0.1, 0.15) is 0 Å². The Kier molecular flexibility index (Phi) is 2.75. The molecule has 108 valence electrons. The van der Waals surface area contributed by atoms with Gasteiger partial charge in [0.15, 0.2) is 5.43 Å². The van der Waals surface area contributed by atoms with Crippen LogP contribution in [-0.2, 0) is 14.8 Å². The van der Waals surface area contributed by atoms with E-state index in [9.17, 15) is 4.79 Å². The molecule has 2 fully saturated rings. The molecule has 5 nitrogen and oxygen atoms in total. The summed E-state index contributed by atoms with van der Waals surface area (Å²) in [6.07, 6.45) is 5.05. The molecule has 3 N–H and O–H groups in total. The normalized spacial score (nSPS) is 25.8. The molecule has 1 aliphatic carbocycles. The van der Waals surface area contributed by atoms with Gasteiger partial charge in [-0.1, -0.05) is 0 Å². The third kappa shape index (κ3) is 1.94. The van der Waals surface area contributed by atoms with Crippen molar-refractivity contribution in [2.24, 2.45) is 5.73 Å². The monoisotopic (exact) mass is 276 g/mol. The highest BCUT2D eigenvalue weighted by Gasteiger charge is 2.53. The minimum absolute atomic E-state index is 0.0674. The first-order valence-corrected chi connectivity index (χ1v) is 7.02. The van der Waals surface area contributed by atoms with Gasteiger partial charge in [-0.15, -0.1) is 0 Å². The highest BCUT2D eigenvalue weighted by Crippen LogP contribution is 2.41. The van der Waals surface area contributed by atoms with Crippen molar-refractivity contribution in [3.05, 3.63) is 28.2 Å². The molecule has 1 saturated carbocycles. The number of nitrogens with two attached hydrogens (primary N) is 1. The van der Waals surface area contributed by atoms with Crippen molar-refractivity contribution in [1.82, 2.24) is 4.98 Å². The SMILES string of the molecule is CC1(C)OB(c2c[nH]cc(C3(N)CC3)c2=O)OC1(C)C. The summed E-state index contributed by atoms with van der Waals surface area (Å²) in [7, 11) is -0.647. The molecule has 6 heteroatoms. The maximum Gasteiger partial charge on any atom is 0.500 e. The number of hydrogen-bond acceptors (Lipinski definition) is 4. The van der Waals surface area contributed by atoms with Crippen LogP contribution in [0.2, 0.25) is 0 Å². The lowest BCUT2D eigenvalue weighted by atomic mass is 9.78. The van der Waals surface area contributed by atoms with Crippen LogP contribution >= 0.6 is 0 Å². The Hall–Kier alpha value is -1.11. The van der Waals surface area contributed by atoms with Crippen molar-refractivity contribution in [3.63, 3.8) is 0 Å². The summed E-state index contributed by atoms with van der Waals surface area (Å²) in [6.45, 7) is 7.87. The number of pyridine rings is 1. The van der Waals surface area contributed by atoms with Gasteiger partial charge in [0.2, 0.25) is 0 Å². The maximum absolute atomic E-state index is 12.6. The van der Waals surface area contributed by atoms with Crippen molar-refractivity contribution >= 4 is 12.6 Å². The smallest absolute Gasteiger partial charge is 0.399 e. The molecule has 1 aromatic heterocycles. The molecule has 0 radical (unpaired) electrons. The van der Waals surface area contributed by atoms with E-state index in [1.807, 2.05) is 27.7 Å². The van der Waals surface area contributed by atoms with Crippen LogP contribution in [-0.4, -0.2) is 23.3 Å². The Morgan fingerprint density at radius 3 is 2.20 bits per heavy atom. The van der Waals surface area contributed by atoms with E-state index in [1.165, 1.54) is 0 Å². The van der Waals surface area contributed by atoms with Gasteiger partial charge >= 0.3 is 7.12 Å². The first-order valence-electron chi connectivity index (χ1n) is 7.02. The van der Waals surface area contributed by atoms with E-state index in [2.05, 4.69) is 4.98 Å². The summed E-state index contributed by atoms with van der Waals surface area (Å²) < 4.78 is 11.9. The maximum atomic E-state index is 12.6. The molecule has 0 unspecified atom stereocenters. The van der Waals surface area contributed by atoms with E-state index in [1.54, 1.807) is 12.4 Å². The zero-order valence-electron chi connectivity index (χ0n) is 12.4. The van der Waals surface area contributed by atoms with Crippen LogP contribution in [0.15, 0.2) is 17.2 Å². The summed E-state index contributed by atoms with van der Waals surface area (Å²) in [5.41, 5.74) is 5.82. The number of aromatic nitrogens is 1. The van der Waals surface area contributed by atoms with Crippen LogP contribution in [0.3, 0.4) is 0 Å². The van der Waals surface area contributed by atoms with Crippen LogP contribution in [0.5, 0.6) is 0 Å². The highest BCUT2D eigenvalue weighted by atomic mass is 16.7. The molecule has 1 aliphatic heterocycles. The Morgan fingerprint density at radius 1 is 1.15 bits per heavy atom. The molecule has 1 saturated heterocycles. The molecule has 2 aliphatic rings. The van der Waals surface area contributed by atoms with Crippen molar-refractivity contribution in [1.29, 1.82) is 0 Å². The number of aromatic amines is 1. The van der Waals surface area contributed by atoms with Crippen molar-refractivity contribution in [2.75, 3.05) is 0 Å². The van der Waals surface area contributed by atoms with Gasteiger partial charge in [-0.25, -0.2) is 0 Å². The van der Waals surface area contributed by atoms with Crippen LogP contribution in [0.1, 0.15) is 46.1 Å². The molecule has 0 atom stereocenters. The second kappa shape index (κ2) is 3.96. The zero-order valence-corrected chi connectivity index (χ0v) is 12.4. The Morgan fingerprint density at radius 2 is 1.70 bits per heavy atom. The van der Waals surface area contributed by atoms with E-state index in [0.29, 0.717) is 11.0 Å². The topological polar surface area (TPSA) is 77.3 Å². The molecule has 0 aromatic carbocycles. The molecule has 20 heavy (non-hydrogen) atoms. The van der Waals surface area contributed by atoms with Gasteiger partial charge in [0, 0.05) is 29.0 Å². The minimum atomic E-state index is -0.647. The standard InChI is InChI=1S/C14H21BN2O3/c1-12(2)13(3,4)20-15(19-12)10-8-17-7-9(11(10)18)14(16)5-6-14/h7-8H,5-6,16H2,1-4H3,(H,17,18). The van der Waals surface area contributed by atoms with Crippen LogP contribution in [0.4, 0.5) is 0 Å². The van der Waals surface area contributed by atoms with E-state index < -0.39 is 23.9 Å². The van der Waals surface area contributed by atoms with Crippen molar-refractivity contribution < 1.29 is 9.31 Å². The quantitative estimate of drug-likeness (QED) is 0.776. The number of H-pyrrole nitrogens is 1. The first-order chi connectivity index (χ1) is 9.16. The molecular formula is C14H21BN2O3. The van der Waals surface area contributed by atoms with Gasteiger partial charge in [0.25, 0.3) is 0 Å². The summed E-state index contributed by atoms with van der Waals surface area (Å²) in [4.78, 5) is 15.6. The molecule has 2 heterocycles. The Balaban J connectivity index is 1.99. The van der Waals surface area contributed by atoms with Crippen LogP contribution in [0.25, 0.3) is 0 Å². The molecule has 0 bridgehead atoms. The summed E-state index contributed by atoms with van der Waals surface area (Å²) in [5, 5.41) is 0. The molecule has 0 spiro atoms. The lowest BCUT2D eigenvalue weighted by Crippen LogP contribution is -2.47. The Labute approximate surface area is 119 Å². The second-order valence-corrected chi connectivity index (χ2v) is 6.90. The molecule has 3 rings (SSSR count). The lowest BCUT2D eigenvalue weighted by molar-refractivity contribution is 0.00578. The van der Waals surface area contributed by atoms with Crippen molar-refractivity contribution in [3.8, 4) is 0 Å². The van der Waals surface area contributed by atoms with E-state index in [0.717, 1.165) is 12.8 Å². The molecule has 1 aromatic rings. The van der Waals surface area contributed by atoms with E-state index >= 15 is 0 Å². The highest BCUT2D eigenvalue weighted by molar-refractivity contribution is 6.62. The predicted molar refractivity (Wildman–Crippen MR) is 77.9 cm³/mol. The third-order valence-electron chi connectivity index (χ3n) is 4.81. The average Bonchev–Trinajstić information content (AvgIpc) is 3.01. The van der Waals surface area contributed by atoms with Gasteiger partial charge < -0.3 is 20.0 Å². The van der Waals surface area contributed by atoms with Crippen molar-refractivity contribution in [2.45, 2.75) is 57.3 Å². The Bertz CT molecular complexity index is 589. The third-order valence-corrected chi connectivity index (χ3v) is 4.81. The summed E-state index contributed by atoms with van der Waals surface area (Å²) in [5.74, 6) is 0. The average molecular weight is 276 g/mol. The largest absolute Gasteiger partial charge is 0.500 e. The fourth-order valence-corrected chi connectivity index (χ4v) is 2.42. The summed E-state index contributed by atoms with van der Waals surface area (Å²) >= 11 is 0. The number of rotatable bonds is 2. The molecule has 0 amide bonds. The predicted octanol–water partition coefficient (Wildman–Crippen LogP) is 0.622. The molecular weight excluding hydrogens is 255 g/mol. The minimum Gasteiger partial charge on any atom is -0.399 e. The van der Waals surface area contributed by atoms with Gasteiger partial charge in [-0.2, -0.15) is 0 Å². The van der Waals surface area contributed by atoms with E-state index in [-0.39, 0.29) is 5.43 Å². The van der Waals surface area contributed by atoms with Crippen LogP contribution < -0.4 is 16.6 Å². The lowest BCUT2D eigenvalue weighted by Gasteiger charge is -2.32. The fourth-order valence-electron chi connectivity index (χ4n) is 2.42. The van der Waals surface area contributed by atoms with Crippen LogP contribution in [0, 0.1) is 0 Å². The number of hydrogen-bond donors (Lipinski definition) is 2. The van der Waals surface area contributed by atoms with Gasteiger partial charge in [0.05, 0.1) is 11.2 Å². The summed E-state index contributed by atoms with van der Waals surface area (Å²) in [6, 6.07) is 0.